The second-order valence-electron chi connectivity index (χ2n) is 3.27. The summed E-state index contributed by atoms with van der Waals surface area (Å²) < 4.78 is 4.59. The summed E-state index contributed by atoms with van der Waals surface area (Å²) in [7, 11) is 0. The maximum Gasteiger partial charge on any atom is 0.127 e. The van der Waals surface area contributed by atoms with Gasteiger partial charge in [-0.25, -0.2) is 4.63 Å². The van der Waals surface area contributed by atoms with Crippen LogP contribution < -0.4 is 5.32 Å². The van der Waals surface area contributed by atoms with Gasteiger partial charge in [0.2, 0.25) is 0 Å². The van der Waals surface area contributed by atoms with Gasteiger partial charge in [0.15, 0.2) is 0 Å². The zero-order valence-corrected chi connectivity index (χ0v) is 10.0. The molecule has 0 bridgehead atoms. The molecule has 1 heterocycles. The minimum absolute atomic E-state index is 0.511. The van der Waals surface area contributed by atoms with E-state index in [4.69, 9.17) is 23.2 Å². The molecular weight excluding hydrogens is 249 g/mol. The minimum Gasteiger partial charge on any atom is -0.378 e. The highest BCUT2D eigenvalue weighted by Crippen LogP contribution is 2.25. The SMILES string of the molecule is Cc1nonc1CNc1ccc(Cl)cc1Cl. The van der Waals surface area contributed by atoms with Crippen LogP contribution in [0.4, 0.5) is 5.69 Å². The van der Waals surface area contributed by atoms with Crippen molar-refractivity contribution in [3.63, 3.8) is 0 Å². The Morgan fingerprint density at radius 3 is 2.75 bits per heavy atom. The summed E-state index contributed by atoms with van der Waals surface area (Å²) in [6, 6.07) is 5.26. The predicted molar refractivity (Wildman–Crippen MR) is 62.8 cm³/mol. The van der Waals surface area contributed by atoms with Crippen LogP contribution in [0.5, 0.6) is 0 Å². The van der Waals surface area contributed by atoms with Gasteiger partial charge in [-0.15, -0.1) is 0 Å². The lowest BCUT2D eigenvalue weighted by atomic mass is 10.3. The Morgan fingerprint density at radius 1 is 1.31 bits per heavy atom. The van der Waals surface area contributed by atoms with Crippen molar-refractivity contribution in [1.82, 2.24) is 10.3 Å². The Kier molecular flexibility index (Phi) is 3.31. The van der Waals surface area contributed by atoms with Gasteiger partial charge in [-0.2, -0.15) is 0 Å². The van der Waals surface area contributed by atoms with E-state index in [-0.39, 0.29) is 0 Å². The molecule has 0 spiro atoms. The predicted octanol–water partition coefficient (Wildman–Crippen LogP) is 3.30. The first-order valence-corrected chi connectivity index (χ1v) is 5.39. The van der Waals surface area contributed by atoms with Crippen molar-refractivity contribution in [2.24, 2.45) is 0 Å². The molecule has 0 atom stereocenters. The van der Waals surface area contributed by atoms with Crippen LogP contribution in [0.15, 0.2) is 22.8 Å². The number of hydrogen-bond donors (Lipinski definition) is 1. The van der Waals surface area contributed by atoms with E-state index in [0.717, 1.165) is 17.1 Å². The lowest BCUT2D eigenvalue weighted by molar-refractivity contribution is 0.301. The number of halogens is 2. The molecule has 0 aliphatic rings. The molecule has 1 aromatic heterocycles. The molecule has 4 nitrogen and oxygen atoms in total. The van der Waals surface area contributed by atoms with Crippen LogP contribution in [0.25, 0.3) is 0 Å². The second kappa shape index (κ2) is 4.72. The molecule has 0 saturated heterocycles. The Morgan fingerprint density at radius 2 is 2.12 bits per heavy atom. The smallest absolute Gasteiger partial charge is 0.127 e. The summed E-state index contributed by atoms with van der Waals surface area (Å²) in [5.74, 6) is 0. The molecule has 6 heteroatoms. The first kappa shape index (κ1) is 11.2. The normalized spacial score (nSPS) is 10.4. The second-order valence-corrected chi connectivity index (χ2v) is 4.12. The standard InChI is InChI=1S/C10H9Cl2N3O/c1-6-10(15-16-14-6)5-13-9-3-2-7(11)4-8(9)12/h2-4,13H,5H2,1H3. The third-order valence-corrected chi connectivity index (χ3v) is 2.67. The Bertz CT molecular complexity index is 499. The summed E-state index contributed by atoms with van der Waals surface area (Å²) >= 11 is 11.8. The fourth-order valence-electron chi connectivity index (χ4n) is 1.22. The Labute approximate surface area is 103 Å². The molecule has 0 amide bonds. The minimum atomic E-state index is 0.511. The highest BCUT2D eigenvalue weighted by molar-refractivity contribution is 6.36. The van der Waals surface area contributed by atoms with Gasteiger partial charge in [-0.1, -0.05) is 33.5 Å². The van der Waals surface area contributed by atoms with Crippen molar-refractivity contribution >= 4 is 28.9 Å². The molecule has 0 saturated carbocycles. The first-order valence-electron chi connectivity index (χ1n) is 4.64. The molecule has 0 radical (unpaired) electrons. The zero-order valence-electron chi connectivity index (χ0n) is 8.50. The molecule has 0 fully saturated rings. The van der Waals surface area contributed by atoms with E-state index in [1.54, 1.807) is 12.1 Å². The van der Waals surface area contributed by atoms with Gasteiger partial charge in [0.1, 0.15) is 11.4 Å². The summed E-state index contributed by atoms with van der Waals surface area (Å²) in [4.78, 5) is 0. The Balaban J connectivity index is 2.08. The highest BCUT2D eigenvalue weighted by atomic mass is 35.5. The van der Waals surface area contributed by atoms with Crippen LogP contribution in [0.2, 0.25) is 10.0 Å². The van der Waals surface area contributed by atoms with Crippen molar-refractivity contribution in [1.29, 1.82) is 0 Å². The first-order chi connectivity index (χ1) is 7.66. The van der Waals surface area contributed by atoms with Crippen LogP contribution in [0.3, 0.4) is 0 Å². The topological polar surface area (TPSA) is 51.0 Å². The van der Waals surface area contributed by atoms with E-state index < -0.39 is 0 Å². The lowest BCUT2D eigenvalue weighted by Crippen LogP contribution is -2.01. The number of benzene rings is 1. The maximum atomic E-state index is 6.00. The molecule has 2 rings (SSSR count). The molecular formula is C10H9Cl2N3O. The monoisotopic (exact) mass is 257 g/mol. The van der Waals surface area contributed by atoms with Gasteiger partial charge in [-0.3, -0.25) is 0 Å². The Hall–Kier alpha value is -1.26. The van der Waals surface area contributed by atoms with E-state index >= 15 is 0 Å². The van der Waals surface area contributed by atoms with Crippen LogP contribution in [0.1, 0.15) is 11.4 Å². The summed E-state index contributed by atoms with van der Waals surface area (Å²) in [6.45, 7) is 2.34. The molecule has 0 aliphatic carbocycles. The molecule has 2 aromatic rings. The number of aryl methyl sites for hydroxylation is 1. The number of hydrogen-bond acceptors (Lipinski definition) is 4. The maximum absolute atomic E-state index is 6.00. The van der Waals surface area contributed by atoms with Gasteiger partial charge in [-0.05, 0) is 25.1 Å². The van der Waals surface area contributed by atoms with Gasteiger partial charge >= 0.3 is 0 Å². The van der Waals surface area contributed by atoms with E-state index in [2.05, 4.69) is 20.3 Å². The van der Waals surface area contributed by atoms with E-state index in [9.17, 15) is 0 Å². The van der Waals surface area contributed by atoms with E-state index in [0.29, 0.717) is 16.6 Å². The van der Waals surface area contributed by atoms with Crippen LogP contribution in [-0.4, -0.2) is 10.3 Å². The fraction of sp³-hybridized carbons (Fsp3) is 0.200. The van der Waals surface area contributed by atoms with Crippen LogP contribution in [0, 0.1) is 6.92 Å². The van der Waals surface area contributed by atoms with Gasteiger partial charge in [0, 0.05) is 5.02 Å². The summed E-state index contributed by atoms with van der Waals surface area (Å²) in [5, 5.41) is 11.8. The molecule has 1 N–H and O–H groups in total. The van der Waals surface area contributed by atoms with Crippen molar-refractivity contribution in [3.05, 3.63) is 39.6 Å². The van der Waals surface area contributed by atoms with Gasteiger partial charge in [0.25, 0.3) is 0 Å². The largest absolute Gasteiger partial charge is 0.378 e. The summed E-state index contributed by atoms with van der Waals surface area (Å²) in [5.41, 5.74) is 2.32. The van der Waals surface area contributed by atoms with Gasteiger partial charge < -0.3 is 5.32 Å². The van der Waals surface area contributed by atoms with Crippen LogP contribution in [-0.2, 0) is 6.54 Å². The highest BCUT2D eigenvalue weighted by Gasteiger charge is 2.06. The number of rotatable bonds is 3. The molecule has 16 heavy (non-hydrogen) atoms. The number of anilines is 1. The van der Waals surface area contributed by atoms with Crippen molar-refractivity contribution in [3.8, 4) is 0 Å². The third-order valence-electron chi connectivity index (χ3n) is 2.12. The third kappa shape index (κ3) is 2.46. The van der Waals surface area contributed by atoms with Gasteiger partial charge in [0.05, 0.1) is 17.3 Å². The molecule has 84 valence electrons. The fourth-order valence-corrected chi connectivity index (χ4v) is 1.70. The quantitative estimate of drug-likeness (QED) is 0.917. The average molecular weight is 258 g/mol. The van der Waals surface area contributed by atoms with Crippen molar-refractivity contribution in [2.75, 3.05) is 5.32 Å². The summed E-state index contributed by atoms with van der Waals surface area (Å²) in [6.07, 6.45) is 0. The lowest BCUT2D eigenvalue weighted by Gasteiger charge is -2.06. The van der Waals surface area contributed by atoms with Crippen molar-refractivity contribution < 1.29 is 4.63 Å². The number of aromatic nitrogens is 2. The zero-order chi connectivity index (χ0) is 11.5. The number of nitrogens with one attached hydrogen (secondary N) is 1. The molecule has 0 aliphatic heterocycles. The number of nitrogens with zero attached hydrogens (tertiary/aromatic N) is 2. The van der Waals surface area contributed by atoms with E-state index in [1.807, 2.05) is 13.0 Å². The van der Waals surface area contributed by atoms with Crippen LogP contribution >= 0.6 is 23.2 Å². The average Bonchev–Trinajstić information content (AvgIpc) is 2.63. The molecule has 1 aromatic carbocycles. The molecule has 0 unspecified atom stereocenters. The van der Waals surface area contributed by atoms with E-state index in [1.165, 1.54) is 0 Å². The van der Waals surface area contributed by atoms with Crippen molar-refractivity contribution in [2.45, 2.75) is 13.5 Å².